The van der Waals surface area contributed by atoms with E-state index in [0.717, 1.165) is 11.1 Å². The van der Waals surface area contributed by atoms with Gasteiger partial charge in [-0.15, -0.1) is 0 Å². The lowest BCUT2D eigenvalue weighted by atomic mass is 10.1. The molecule has 0 aliphatic rings. The minimum absolute atomic E-state index is 0.510. The molecular weight excluding hydrogens is 210 g/mol. The molecule has 0 bridgehead atoms. The fourth-order valence-electron chi connectivity index (χ4n) is 1.52. The predicted molar refractivity (Wildman–Crippen MR) is 70.0 cm³/mol. The average Bonchev–Trinajstić information content (AvgIpc) is 2.38. The minimum atomic E-state index is 0.510. The van der Waals surface area contributed by atoms with Crippen LogP contribution in [-0.2, 0) is 11.4 Å². The molecule has 0 saturated carbocycles. The molecule has 0 amide bonds. The normalized spacial score (nSPS) is 10.6. The number of nitrogens with zero attached hydrogens (tertiary/aromatic N) is 1. The first-order valence-electron chi connectivity index (χ1n) is 5.61. The number of rotatable bonds is 4. The molecule has 0 heterocycles. The summed E-state index contributed by atoms with van der Waals surface area (Å²) in [5.41, 5.74) is 3.43. The van der Waals surface area contributed by atoms with Crippen LogP contribution in [0.1, 0.15) is 16.7 Å². The molecule has 86 valence electrons. The fourth-order valence-corrected chi connectivity index (χ4v) is 1.52. The predicted octanol–water partition coefficient (Wildman–Crippen LogP) is 3.55. The van der Waals surface area contributed by atoms with Crippen LogP contribution in [0, 0.1) is 6.92 Å². The monoisotopic (exact) mass is 225 g/mol. The first-order chi connectivity index (χ1) is 8.36. The molecule has 0 saturated heterocycles. The van der Waals surface area contributed by atoms with Crippen LogP contribution in [0.15, 0.2) is 59.8 Å². The third-order valence-electron chi connectivity index (χ3n) is 2.56. The van der Waals surface area contributed by atoms with E-state index < -0.39 is 0 Å². The van der Waals surface area contributed by atoms with E-state index in [9.17, 15) is 0 Å². The molecule has 0 fully saturated rings. The van der Waals surface area contributed by atoms with Crippen LogP contribution < -0.4 is 0 Å². The zero-order valence-electron chi connectivity index (χ0n) is 9.84. The second-order valence-corrected chi connectivity index (χ2v) is 3.85. The van der Waals surface area contributed by atoms with Crippen LogP contribution >= 0.6 is 0 Å². The number of aryl methyl sites for hydroxylation is 1. The zero-order valence-corrected chi connectivity index (χ0v) is 9.84. The Labute approximate surface area is 102 Å². The van der Waals surface area contributed by atoms with Crippen molar-refractivity contribution in [2.75, 3.05) is 0 Å². The summed E-state index contributed by atoms with van der Waals surface area (Å²) >= 11 is 0. The van der Waals surface area contributed by atoms with Crippen molar-refractivity contribution >= 4 is 6.21 Å². The molecule has 0 unspecified atom stereocenters. The Bertz CT molecular complexity index is 491. The minimum Gasteiger partial charge on any atom is -0.391 e. The quantitative estimate of drug-likeness (QED) is 0.576. The molecule has 2 rings (SSSR count). The second-order valence-electron chi connectivity index (χ2n) is 3.85. The van der Waals surface area contributed by atoms with E-state index in [1.165, 1.54) is 5.56 Å². The van der Waals surface area contributed by atoms with Crippen LogP contribution in [0.5, 0.6) is 0 Å². The van der Waals surface area contributed by atoms with Gasteiger partial charge in [0.25, 0.3) is 0 Å². The summed E-state index contributed by atoms with van der Waals surface area (Å²) in [5, 5.41) is 3.95. The lowest BCUT2D eigenvalue weighted by Gasteiger charge is -2.03. The molecule has 0 atom stereocenters. The molecule has 0 N–H and O–H groups in total. The molecule has 0 radical (unpaired) electrons. The van der Waals surface area contributed by atoms with E-state index in [-0.39, 0.29) is 0 Å². The van der Waals surface area contributed by atoms with Crippen molar-refractivity contribution in [3.63, 3.8) is 0 Å². The van der Waals surface area contributed by atoms with Gasteiger partial charge in [-0.25, -0.2) is 0 Å². The number of oxime groups is 1. The molecule has 0 spiro atoms. The molecule has 0 aromatic heterocycles. The van der Waals surface area contributed by atoms with Gasteiger partial charge in [0.15, 0.2) is 0 Å². The molecular formula is C15H15NO. The third kappa shape index (κ3) is 3.45. The highest BCUT2D eigenvalue weighted by atomic mass is 16.6. The van der Waals surface area contributed by atoms with Crippen molar-refractivity contribution in [3.8, 4) is 0 Å². The highest BCUT2D eigenvalue weighted by Gasteiger charge is 1.95. The van der Waals surface area contributed by atoms with Crippen molar-refractivity contribution in [2.24, 2.45) is 5.16 Å². The SMILES string of the molecule is Cc1ccccc1CON=Cc1ccccc1. The molecule has 17 heavy (non-hydrogen) atoms. The Balaban J connectivity index is 1.88. The van der Waals surface area contributed by atoms with E-state index in [4.69, 9.17) is 4.84 Å². The van der Waals surface area contributed by atoms with Gasteiger partial charge in [0.2, 0.25) is 0 Å². The summed E-state index contributed by atoms with van der Waals surface area (Å²) in [4.78, 5) is 5.27. The van der Waals surface area contributed by atoms with Crippen LogP contribution in [0.3, 0.4) is 0 Å². The van der Waals surface area contributed by atoms with Crippen molar-refractivity contribution in [1.29, 1.82) is 0 Å². The van der Waals surface area contributed by atoms with Crippen molar-refractivity contribution < 1.29 is 4.84 Å². The van der Waals surface area contributed by atoms with Gasteiger partial charge < -0.3 is 4.84 Å². The van der Waals surface area contributed by atoms with E-state index >= 15 is 0 Å². The van der Waals surface area contributed by atoms with Gasteiger partial charge in [-0.3, -0.25) is 0 Å². The summed E-state index contributed by atoms with van der Waals surface area (Å²) in [6, 6.07) is 18.0. The maximum absolute atomic E-state index is 5.27. The Hall–Kier alpha value is -2.09. The zero-order chi connectivity index (χ0) is 11.9. The van der Waals surface area contributed by atoms with Gasteiger partial charge in [-0.1, -0.05) is 59.8 Å². The lowest BCUT2D eigenvalue weighted by Crippen LogP contribution is -1.91. The topological polar surface area (TPSA) is 21.6 Å². The average molecular weight is 225 g/mol. The third-order valence-corrected chi connectivity index (χ3v) is 2.56. The molecule has 2 heteroatoms. The Morgan fingerprint density at radius 1 is 1.00 bits per heavy atom. The van der Waals surface area contributed by atoms with Crippen molar-refractivity contribution in [3.05, 3.63) is 71.3 Å². The number of benzene rings is 2. The highest BCUT2D eigenvalue weighted by molar-refractivity contribution is 5.78. The number of hydrogen-bond acceptors (Lipinski definition) is 2. The Morgan fingerprint density at radius 2 is 1.71 bits per heavy atom. The summed E-state index contributed by atoms with van der Waals surface area (Å²) < 4.78 is 0. The van der Waals surface area contributed by atoms with Gasteiger partial charge in [0, 0.05) is 0 Å². The van der Waals surface area contributed by atoms with E-state index in [2.05, 4.69) is 18.1 Å². The largest absolute Gasteiger partial charge is 0.391 e. The standard InChI is InChI=1S/C15H15NO/c1-13-7-5-6-10-15(13)12-17-16-11-14-8-3-2-4-9-14/h2-11H,12H2,1H3. The molecule has 2 aromatic rings. The van der Waals surface area contributed by atoms with Crippen LogP contribution in [0.4, 0.5) is 0 Å². The van der Waals surface area contributed by atoms with Crippen LogP contribution in [0.2, 0.25) is 0 Å². The lowest BCUT2D eigenvalue weighted by molar-refractivity contribution is 0.131. The van der Waals surface area contributed by atoms with E-state index in [1.54, 1.807) is 6.21 Å². The van der Waals surface area contributed by atoms with E-state index in [0.29, 0.717) is 6.61 Å². The summed E-state index contributed by atoms with van der Waals surface area (Å²) in [7, 11) is 0. The number of hydrogen-bond donors (Lipinski definition) is 0. The molecule has 2 nitrogen and oxygen atoms in total. The van der Waals surface area contributed by atoms with Gasteiger partial charge in [0.1, 0.15) is 6.61 Å². The first-order valence-corrected chi connectivity index (χ1v) is 5.61. The maximum Gasteiger partial charge on any atom is 0.142 e. The van der Waals surface area contributed by atoms with Crippen molar-refractivity contribution in [1.82, 2.24) is 0 Å². The summed E-state index contributed by atoms with van der Waals surface area (Å²) in [6.45, 7) is 2.58. The Kier molecular flexibility index (Phi) is 3.92. The summed E-state index contributed by atoms with van der Waals surface area (Å²) in [5.74, 6) is 0. The highest BCUT2D eigenvalue weighted by Crippen LogP contribution is 2.08. The van der Waals surface area contributed by atoms with Crippen LogP contribution in [-0.4, -0.2) is 6.21 Å². The van der Waals surface area contributed by atoms with Gasteiger partial charge in [-0.05, 0) is 23.6 Å². The second kappa shape index (κ2) is 5.85. The van der Waals surface area contributed by atoms with Crippen molar-refractivity contribution in [2.45, 2.75) is 13.5 Å². The van der Waals surface area contributed by atoms with Gasteiger partial charge in [-0.2, -0.15) is 0 Å². The van der Waals surface area contributed by atoms with E-state index in [1.807, 2.05) is 48.5 Å². The summed E-state index contributed by atoms with van der Waals surface area (Å²) in [6.07, 6.45) is 1.72. The first kappa shape index (κ1) is 11.4. The molecule has 0 aliphatic heterocycles. The smallest absolute Gasteiger partial charge is 0.142 e. The molecule has 2 aromatic carbocycles. The fraction of sp³-hybridized carbons (Fsp3) is 0.133. The van der Waals surface area contributed by atoms with Crippen LogP contribution in [0.25, 0.3) is 0 Å². The van der Waals surface area contributed by atoms with Gasteiger partial charge in [0.05, 0.1) is 6.21 Å². The van der Waals surface area contributed by atoms with Gasteiger partial charge >= 0.3 is 0 Å². The maximum atomic E-state index is 5.27. The molecule has 0 aliphatic carbocycles. The Morgan fingerprint density at radius 3 is 2.47 bits per heavy atom.